The van der Waals surface area contributed by atoms with Crippen LogP contribution in [0.2, 0.25) is 0 Å². The van der Waals surface area contributed by atoms with Crippen molar-refractivity contribution in [2.24, 2.45) is 0 Å². The van der Waals surface area contributed by atoms with Crippen LogP contribution in [0.25, 0.3) is 22.4 Å². The van der Waals surface area contributed by atoms with E-state index in [4.69, 9.17) is 14.6 Å². The maximum atomic E-state index is 14.6. The van der Waals surface area contributed by atoms with E-state index in [1.165, 1.54) is 13.2 Å². The maximum absolute atomic E-state index is 14.6. The molecule has 0 spiro atoms. The summed E-state index contributed by atoms with van der Waals surface area (Å²) in [6.45, 7) is 8.49. The summed E-state index contributed by atoms with van der Waals surface area (Å²) in [4.78, 5) is 18.9. The average Bonchev–Trinajstić information content (AvgIpc) is 3.16. The molecule has 0 fully saturated rings. The zero-order valence-corrected chi connectivity index (χ0v) is 19.6. The molecular formula is C25H29FN4O3. The van der Waals surface area contributed by atoms with Gasteiger partial charge in [-0.2, -0.15) is 5.10 Å². The van der Waals surface area contributed by atoms with Gasteiger partial charge in [0.2, 0.25) is 0 Å². The van der Waals surface area contributed by atoms with Gasteiger partial charge in [-0.15, -0.1) is 0 Å². The molecule has 7 nitrogen and oxygen atoms in total. The van der Waals surface area contributed by atoms with Crippen molar-refractivity contribution in [3.05, 3.63) is 54.2 Å². The minimum Gasteiger partial charge on any atom is -0.494 e. The van der Waals surface area contributed by atoms with Gasteiger partial charge in [-0.1, -0.05) is 6.92 Å². The lowest BCUT2D eigenvalue weighted by Gasteiger charge is -2.37. The largest absolute Gasteiger partial charge is 0.494 e. The Morgan fingerprint density at radius 1 is 1.18 bits per heavy atom. The number of fused-ring (bicyclic) bond motifs is 1. The fourth-order valence-corrected chi connectivity index (χ4v) is 4.12. The van der Waals surface area contributed by atoms with Gasteiger partial charge in [-0.3, -0.25) is 14.6 Å². The molecule has 0 radical (unpaired) electrons. The second-order valence-corrected chi connectivity index (χ2v) is 9.11. The summed E-state index contributed by atoms with van der Waals surface area (Å²) >= 11 is 0. The number of amides is 1. The minimum atomic E-state index is -0.590. The number of nitrogens with zero attached hydrogens (tertiary/aromatic N) is 4. The first-order valence-electron chi connectivity index (χ1n) is 11.1. The number of pyridine rings is 1. The molecule has 8 heteroatoms. The quantitative estimate of drug-likeness (QED) is 0.538. The summed E-state index contributed by atoms with van der Waals surface area (Å²) in [5.41, 5.74) is 3.33. The standard InChI is InChI=1S/C25H29FN4O3/c1-6-18-14-30-20(15-29(18)24(31)33-25(2,3)4)22(16-9-11-27-12-10-16)23(28-30)17-7-8-21(32-5)19(26)13-17/h7-13,18H,6,14-15H2,1-5H3. The van der Waals surface area contributed by atoms with Crippen molar-refractivity contribution in [1.82, 2.24) is 19.7 Å². The molecule has 0 N–H and O–H groups in total. The van der Waals surface area contributed by atoms with Crippen molar-refractivity contribution >= 4 is 6.09 Å². The van der Waals surface area contributed by atoms with Crippen LogP contribution in [0.3, 0.4) is 0 Å². The number of ether oxygens (including phenoxy) is 2. The molecule has 0 saturated heterocycles. The molecule has 1 aliphatic heterocycles. The molecule has 33 heavy (non-hydrogen) atoms. The molecule has 0 aliphatic carbocycles. The Balaban J connectivity index is 1.84. The lowest BCUT2D eigenvalue weighted by Crippen LogP contribution is -2.48. The van der Waals surface area contributed by atoms with E-state index in [-0.39, 0.29) is 17.9 Å². The van der Waals surface area contributed by atoms with Crippen LogP contribution < -0.4 is 4.74 Å². The fraction of sp³-hybridized carbons (Fsp3) is 0.400. The molecule has 4 rings (SSSR count). The summed E-state index contributed by atoms with van der Waals surface area (Å²) < 4.78 is 27.2. The molecule has 1 aromatic carbocycles. The fourth-order valence-electron chi connectivity index (χ4n) is 4.12. The Morgan fingerprint density at radius 2 is 1.91 bits per heavy atom. The van der Waals surface area contributed by atoms with Gasteiger partial charge in [-0.05, 0) is 63.1 Å². The van der Waals surface area contributed by atoms with Crippen LogP contribution in [0.5, 0.6) is 5.75 Å². The van der Waals surface area contributed by atoms with Gasteiger partial charge in [0.1, 0.15) is 11.3 Å². The van der Waals surface area contributed by atoms with E-state index in [1.807, 2.05) is 44.5 Å². The molecule has 0 saturated carbocycles. The molecule has 3 aromatic rings. The van der Waals surface area contributed by atoms with Gasteiger partial charge in [-0.25, -0.2) is 9.18 Å². The number of hydrogen-bond donors (Lipinski definition) is 0. The van der Waals surface area contributed by atoms with Crippen LogP contribution in [0, 0.1) is 5.82 Å². The Hall–Kier alpha value is -3.42. The van der Waals surface area contributed by atoms with Crippen molar-refractivity contribution < 1.29 is 18.7 Å². The van der Waals surface area contributed by atoms with Crippen molar-refractivity contribution in [2.75, 3.05) is 7.11 Å². The van der Waals surface area contributed by atoms with Crippen LogP contribution in [0.4, 0.5) is 9.18 Å². The van der Waals surface area contributed by atoms with Crippen molar-refractivity contribution in [1.29, 1.82) is 0 Å². The van der Waals surface area contributed by atoms with Crippen molar-refractivity contribution in [3.8, 4) is 28.1 Å². The number of rotatable bonds is 4. The van der Waals surface area contributed by atoms with Gasteiger partial charge in [0.05, 0.1) is 31.9 Å². The third kappa shape index (κ3) is 4.55. The monoisotopic (exact) mass is 452 g/mol. The molecule has 1 atom stereocenters. The first-order chi connectivity index (χ1) is 15.7. The molecule has 3 heterocycles. The smallest absolute Gasteiger partial charge is 0.410 e. The Morgan fingerprint density at radius 3 is 2.52 bits per heavy atom. The van der Waals surface area contributed by atoms with Gasteiger partial charge in [0, 0.05) is 23.5 Å². The predicted octanol–water partition coefficient (Wildman–Crippen LogP) is 5.29. The molecule has 1 aliphatic rings. The van der Waals surface area contributed by atoms with E-state index in [0.717, 1.165) is 23.2 Å². The molecule has 174 valence electrons. The molecular weight excluding hydrogens is 423 g/mol. The van der Waals surface area contributed by atoms with Gasteiger partial charge in [0.15, 0.2) is 11.6 Å². The predicted molar refractivity (Wildman–Crippen MR) is 123 cm³/mol. The highest BCUT2D eigenvalue weighted by atomic mass is 19.1. The second-order valence-electron chi connectivity index (χ2n) is 9.11. The molecule has 0 bridgehead atoms. The summed E-state index contributed by atoms with van der Waals surface area (Å²) in [6, 6.07) is 8.56. The van der Waals surface area contributed by atoms with E-state index in [0.29, 0.717) is 24.3 Å². The second kappa shape index (κ2) is 8.84. The normalized spacial score (nSPS) is 15.8. The van der Waals surface area contributed by atoms with Gasteiger partial charge in [0.25, 0.3) is 0 Å². The molecule has 1 amide bonds. The SMILES string of the molecule is CCC1Cn2nc(-c3ccc(OC)c(F)c3)c(-c3ccncc3)c2CN1C(=O)OC(C)(C)C. The zero-order valence-electron chi connectivity index (χ0n) is 19.6. The van der Waals surface area contributed by atoms with E-state index in [1.54, 1.807) is 29.4 Å². The first kappa shape index (κ1) is 22.8. The Labute approximate surface area is 193 Å². The first-order valence-corrected chi connectivity index (χ1v) is 11.1. The average molecular weight is 453 g/mol. The van der Waals surface area contributed by atoms with Crippen molar-refractivity contribution in [3.63, 3.8) is 0 Å². The highest BCUT2D eigenvalue weighted by Gasteiger charge is 2.35. The molecule has 2 aromatic heterocycles. The van der Waals surface area contributed by atoms with Crippen LogP contribution in [0.15, 0.2) is 42.7 Å². The number of carbonyl (C=O) groups excluding carboxylic acids is 1. The van der Waals surface area contributed by atoms with Crippen LogP contribution >= 0.6 is 0 Å². The number of methoxy groups -OCH3 is 1. The summed E-state index contributed by atoms with van der Waals surface area (Å²) in [5.74, 6) is -0.279. The zero-order chi connectivity index (χ0) is 23.8. The number of carbonyl (C=O) groups is 1. The Kier molecular flexibility index (Phi) is 6.10. The lowest BCUT2D eigenvalue weighted by atomic mass is 9.98. The topological polar surface area (TPSA) is 69.5 Å². The number of halogens is 1. The van der Waals surface area contributed by atoms with E-state index < -0.39 is 11.4 Å². The summed E-state index contributed by atoms with van der Waals surface area (Å²) in [5, 5.41) is 4.87. The molecule has 1 unspecified atom stereocenters. The van der Waals surface area contributed by atoms with Gasteiger partial charge >= 0.3 is 6.09 Å². The van der Waals surface area contributed by atoms with Gasteiger partial charge < -0.3 is 9.47 Å². The van der Waals surface area contributed by atoms with E-state index in [9.17, 15) is 9.18 Å². The van der Waals surface area contributed by atoms with Crippen LogP contribution in [-0.4, -0.2) is 44.5 Å². The van der Waals surface area contributed by atoms with Crippen LogP contribution in [0.1, 0.15) is 39.8 Å². The van der Waals surface area contributed by atoms with Crippen molar-refractivity contribution in [2.45, 2.75) is 58.8 Å². The highest BCUT2D eigenvalue weighted by Crippen LogP contribution is 2.38. The highest BCUT2D eigenvalue weighted by molar-refractivity contribution is 5.83. The van der Waals surface area contributed by atoms with Crippen LogP contribution in [-0.2, 0) is 17.8 Å². The lowest BCUT2D eigenvalue weighted by molar-refractivity contribution is 0.00631. The number of hydrogen-bond acceptors (Lipinski definition) is 5. The minimum absolute atomic E-state index is 0.0574. The Bertz CT molecular complexity index is 1150. The summed E-state index contributed by atoms with van der Waals surface area (Å²) in [7, 11) is 1.44. The summed E-state index contributed by atoms with van der Waals surface area (Å²) in [6.07, 6.45) is 3.83. The third-order valence-electron chi connectivity index (χ3n) is 5.70. The third-order valence-corrected chi connectivity index (χ3v) is 5.70. The maximum Gasteiger partial charge on any atom is 0.410 e. The van der Waals surface area contributed by atoms with E-state index in [2.05, 4.69) is 4.98 Å². The number of benzene rings is 1. The van der Waals surface area contributed by atoms with E-state index >= 15 is 0 Å². The number of aromatic nitrogens is 3.